The van der Waals surface area contributed by atoms with Gasteiger partial charge in [-0.15, -0.1) is 0 Å². The number of aliphatic hydroxyl groups is 1. The quantitative estimate of drug-likeness (QED) is 0.780. The molecule has 3 rings (SSSR count). The van der Waals surface area contributed by atoms with Crippen molar-refractivity contribution >= 4 is 10.9 Å². The summed E-state index contributed by atoms with van der Waals surface area (Å²) in [5, 5.41) is 20.0. The van der Waals surface area contributed by atoms with E-state index in [1.807, 2.05) is 30.5 Å². The number of fused-ring (bicyclic) bond motifs is 1. The topological polar surface area (TPSA) is 75.5 Å². The molecule has 1 aromatic carbocycles. The van der Waals surface area contributed by atoms with Crippen LogP contribution in [0.4, 0.5) is 0 Å². The van der Waals surface area contributed by atoms with E-state index in [-0.39, 0.29) is 6.61 Å². The van der Waals surface area contributed by atoms with Gasteiger partial charge in [-0.1, -0.05) is 6.07 Å². The molecule has 2 heterocycles. The molecule has 0 bridgehead atoms. The van der Waals surface area contributed by atoms with Crippen molar-refractivity contribution < 1.29 is 9.84 Å². The molecule has 122 valence electrons. The highest BCUT2D eigenvalue weighted by Gasteiger charge is 2.19. The van der Waals surface area contributed by atoms with Gasteiger partial charge in [0, 0.05) is 49.8 Å². The molecule has 2 N–H and O–H groups in total. The number of hydrogen-bond acceptors (Lipinski definition) is 5. The van der Waals surface area contributed by atoms with E-state index in [4.69, 9.17) is 10.00 Å². The van der Waals surface area contributed by atoms with Crippen LogP contribution in [0.5, 0.6) is 5.75 Å². The summed E-state index contributed by atoms with van der Waals surface area (Å²) in [6, 6.07) is 10.0. The first-order valence-electron chi connectivity index (χ1n) is 7.95. The van der Waals surface area contributed by atoms with Gasteiger partial charge in [0.1, 0.15) is 18.5 Å². The van der Waals surface area contributed by atoms with Crippen molar-refractivity contribution in [1.29, 1.82) is 5.26 Å². The Morgan fingerprint density at radius 3 is 2.78 bits per heavy atom. The lowest BCUT2D eigenvalue weighted by Crippen LogP contribution is -2.49. The van der Waals surface area contributed by atoms with Crippen molar-refractivity contribution in [2.45, 2.75) is 6.10 Å². The molecule has 2 aromatic rings. The molecule has 0 radical (unpaired) electrons. The molecule has 23 heavy (non-hydrogen) atoms. The number of aromatic nitrogens is 1. The lowest BCUT2D eigenvalue weighted by atomic mass is 10.2. The van der Waals surface area contributed by atoms with E-state index < -0.39 is 6.10 Å². The normalized spacial score (nSPS) is 17.9. The van der Waals surface area contributed by atoms with Gasteiger partial charge in [0.05, 0.1) is 12.6 Å². The maximum Gasteiger partial charge on any atom is 0.128 e. The van der Waals surface area contributed by atoms with Crippen LogP contribution in [0.2, 0.25) is 0 Å². The van der Waals surface area contributed by atoms with Gasteiger partial charge in [-0.05, 0) is 18.2 Å². The van der Waals surface area contributed by atoms with Crippen molar-refractivity contribution in [3.05, 3.63) is 30.5 Å². The summed E-state index contributed by atoms with van der Waals surface area (Å²) in [4.78, 5) is 7.50. The van der Waals surface area contributed by atoms with Crippen LogP contribution in [0.15, 0.2) is 30.5 Å². The highest BCUT2D eigenvalue weighted by Crippen LogP contribution is 2.24. The number of benzene rings is 1. The molecule has 0 amide bonds. The summed E-state index contributed by atoms with van der Waals surface area (Å²) < 4.78 is 5.79. The third kappa shape index (κ3) is 4.02. The minimum Gasteiger partial charge on any atom is -0.490 e. The smallest absolute Gasteiger partial charge is 0.128 e. The van der Waals surface area contributed by atoms with Crippen molar-refractivity contribution in [2.75, 3.05) is 45.9 Å². The Labute approximate surface area is 135 Å². The van der Waals surface area contributed by atoms with Crippen molar-refractivity contribution in [3.8, 4) is 11.8 Å². The van der Waals surface area contributed by atoms with E-state index in [1.165, 1.54) is 0 Å². The van der Waals surface area contributed by atoms with Crippen LogP contribution in [0.3, 0.4) is 0 Å². The van der Waals surface area contributed by atoms with Crippen molar-refractivity contribution in [1.82, 2.24) is 14.8 Å². The largest absolute Gasteiger partial charge is 0.490 e. The van der Waals surface area contributed by atoms with Crippen LogP contribution in [0, 0.1) is 11.3 Å². The molecule has 1 aliphatic rings. The van der Waals surface area contributed by atoms with Gasteiger partial charge in [-0.25, -0.2) is 0 Å². The molecule has 1 atom stereocenters. The summed E-state index contributed by atoms with van der Waals surface area (Å²) in [6.07, 6.45) is 1.36. The second-order valence-corrected chi connectivity index (χ2v) is 5.89. The highest BCUT2D eigenvalue weighted by atomic mass is 16.5. The first-order chi connectivity index (χ1) is 11.3. The number of nitriles is 1. The number of β-amino-alcohol motifs (C(OH)–C–C–N with tert-alkyl or cyclic N) is 1. The number of H-pyrrole nitrogens is 1. The Morgan fingerprint density at radius 2 is 2.00 bits per heavy atom. The van der Waals surface area contributed by atoms with Crippen LogP contribution in [-0.2, 0) is 0 Å². The first-order valence-corrected chi connectivity index (χ1v) is 7.95. The monoisotopic (exact) mass is 314 g/mol. The molecular formula is C17H22N4O2. The van der Waals surface area contributed by atoms with Gasteiger partial charge >= 0.3 is 0 Å². The van der Waals surface area contributed by atoms with Gasteiger partial charge in [-0.3, -0.25) is 9.80 Å². The molecular weight excluding hydrogens is 292 g/mol. The zero-order valence-corrected chi connectivity index (χ0v) is 13.1. The summed E-state index contributed by atoms with van der Waals surface area (Å²) in [5.74, 6) is 0.793. The summed E-state index contributed by atoms with van der Waals surface area (Å²) in [6.45, 7) is 4.89. The third-order valence-corrected chi connectivity index (χ3v) is 4.21. The fraction of sp³-hybridized carbons (Fsp3) is 0.471. The average molecular weight is 314 g/mol. The number of piperazine rings is 1. The first kappa shape index (κ1) is 15.8. The minimum absolute atomic E-state index is 0.280. The van der Waals surface area contributed by atoms with E-state index >= 15 is 0 Å². The Morgan fingerprint density at radius 1 is 1.22 bits per heavy atom. The van der Waals surface area contributed by atoms with E-state index in [2.05, 4.69) is 20.9 Å². The van der Waals surface area contributed by atoms with Crippen LogP contribution in [0.1, 0.15) is 0 Å². The van der Waals surface area contributed by atoms with E-state index in [1.54, 1.807) is 0 Å². The number of aliphatic hydroxyl groups excluding tert-OH is 1. The minimum atomic E-state index is -0.522. The molecule has 0 saturated carbocycles. The van der Waals surface area contributed by atoms with Crippen LogP contribution in [-0.4, -0.2) is 71.9 Å². The SMILES string of the molecule is N#CCN1CCN(CC(O)COc2cccc3[nH]ccc23)CC1. The predicted octanol–water partition coefficient (Wildman–Crippen LogP) is 1.05. The predicted molar refractivity (Wildman–Crippen MR) is 88.3 cm³/mol. The molecule has 1 aliphatic heterocycles. The molecule has 0 aliphatic carbocycles. The van der Waals surface area contributed by atoms with E-state index in [9.17, 15) is 5.11 Å². The number of aromatic amines is 1. The van der Waals surface area contributed by atoms with Crippen LogP contribution < -0.4 is 4.74 Å². The fourth-order valence-electron chi connectivity index (χ4n) is 2.95. The summed E-state index contributed by atoms with van der Waals surface area (Å²) in [7, 11) is 0. The fourth-order valence-corrected chi connectivity index (χ4v) is 2.95. The Balaban J connectivity index is 1.46. The molecule has 6 nitrogen and oxygen atoms in total. The number of ether oxygens (including phenoxy) is 1. The molecule has 6 heteroatoms. The van der Waals surface area contributed by atoms with Crippen molar-refractivity contribution in [3.63, 3.8) is 0 Å². The second kappa shape index (κ2) is 7.47. The van der Waals surface area contributed by atoms with Crippen LogP contribution in [0.25, 0.3) is 10.9 Å². The lowest BCUT2D eigenvalue weighted by Gasteiger charge is -2.34. The molecule has 1 unspecified atom stereocenters. The summed E-state index contributed by atoms with van der Waals surface area (Å²) >= 11 is 0. The lowest BCUT2D eigenvalue weighted by molar-refractivity contribution is 0.0488. The van der Waals surface area contributed by atoms with Gasteiger partial charge in [-0.2, -0.15) is 5.26 Å². The standard InChI is InChI=1S/C17H22N4O2/c18-5-7-20-8-10-21(11-9-20)12-14(22)13-23-17-3-1-2-16-15(17)4-6-19-16/h1-4,6,14,19,22H,7-13H2. The van der Waals surface area contributed by atoms with Gasteiger partial charge < -0.3 is 14.8 Å². The van der Waals surface area contributed by atoms with E-state index in [0.29, 0.717) is 13.1 Å². The number of hydrogen-bond donors (Lipinski definition) is 2. The number of nitrogens with one attached hydrogen (secondary N) is 1. The Bertz CT molecular complexity index is 671. The Hall–Kier alpha value is -2.07. The van der Waals surface area contributed by atoms with Gasteiger partial charge in [0.25, 0.3) is 0 Å². The van der Waals surface area contributed by atoms with Crippen molar-refractivity contribution in [2.24, 2.45) is 0 Å². The summed E-state index contributed by atoms with van der Waals surface area (Å²) in [5.41, 5.74) is 1.03. The molecule has 0 spiro atoms. The maximum atomic E-state index is 10.2. The highest BCUT2D eigenvalue weighted by molar-refractivity contribution is 5.85. The zero-order valence-electron chi connectivity index (χ0n) is 13.1. The number of rotatable bonds is 6. The van der Waals surface area contributed by atoms with Gasteiger partial charge in [0.15, 0.2) is 0 Å². The maximum absolute atomic E-state index is 10.2. The number of nitrogens with zero attached hydrogens (tertiary/aromatic N) is 3. The van der Waals surface area contributed by atoms with E-state index in [0.717, 1.165) is 42.8 Å². The average Bonchev–Trinajstić information content (AvgIpc) is 3.04. The Kier molecular flexibility index (Phi) is 5.13. The van der Waals surface area contributed by atoms with Crippen LogP contribution >= 0.6 is 0 Å². The third-order valence-electron chi connectivity index (χ3n) is 4.21. The molecule has 1 aromatic heterocycles. The molecule has 1 fully saturated rings. The van der Waals surface area contributed by atoms with Gasteiger partial charge in [0.2, 0.25) is 0 Å². The zero-order chi connectivity index (χ0) is 16.1. The molecule has 1 saturated heterocycles. The second-order valence-electron chi connectivity index (χ2n) is 5.89.